The number of anilines is 2. The van der Waals surface area contributed by atoms with Gasteiger partial charge in [-0.05, 0) is 44.0 Å². The SMILES string of the molecule is CC(=O)Nc1cccc(NC(=O)NCCCN2CCCC[C@@H]2CO)c1. The molecular formula is C18H28N4O3. The first-order valence-electron chi connectivity index (χ1n) is 8.86. The van der Waals surface area contributed by atoms with Gasteiger partial charge in [-0.25, -0.2) is 4.79 Å². The van der Waals surface area contributed by atoms with E-state index in [0.29, 0.717) is 17.9 Å². The van der Waals surface area contributed by atoms with Crippen LogP contribution in [0, 0.1) is 0 Å². The van der Waals surface area contributed by atoms with Gasteiger partial charge < -0.3 is 21.1 Å². The van der Waals surface area contributed by atoms with E-state index in [0.717, 1.165) is 25.9 Å². The zero-order chi connectivity index (χ0) is 18.1. The molecular weight excluding hydrogens is 320 g/mol. The van der Waals surface area contributed by atoms with Crippen LogP contribution < -0.4 is 16.0 Å². The Morgan fingerprint density at radius 2 is 2.00 bits per heavy atom. The number of benzene rings is 1. The predicted octanol–water partition coefficient (Wildman–Crippen LogP) is 2.00. The normalized spacial score (nSPS) is 17.8. The lowest BCUT2D eigenvalue weighted by Crippen LogP contribution is -2.43. The largest absolute Gasteiger partial charge is 0.395 e. The number of hydrogen-bond acceptors (Lipinski definition) is 4. The molecule has 25 heavy (non-hydrogen) atoms. The zero-order valence-corrected chi connectivity index (χ0v) is 14.8. The molecule has 0 radical (unpaired) electrons. The summed E-state index contributed by atoms with van der Waals surface area (Å²) in [4.78, 5) is 25.3. The van der Waals surface area contributed by atoms with Gasteiger partial charge in [0, 0.05) is 37.4 Å². The summed E-state index contributed by atoms with van der Waals surface area (Å²) in [7, 11) is 0. The Kier molecular flexibility index (Phi) is 7.69. The number of nitrogens with zero attached hydrogens (tertiary/aromatic N) is 1. The van der Waals surface area contributed by atoms with Crippen LogP contribution >= 0.6 is 0 Å². The van der Waals surface area contributed by atoms with E-state index in [1.54, 1.807) is 24.3 Å². The number of hydrogen-bond donors (Lipinski definition) is 4. The Morgan fingerprint density at radius 1 is 1.24 bits per heavy atom. The van der Waals surface area contributed by atoms with E-state index < -0.39 is 0 Å². The molecule has 1 aliphatic heterocycles. The molecule has 1 fully saturated rings. The molecule has 1 atom stereocenters. The van der Waals surface area contributed by atoms with Gasteiger partial charge in [-0.2, -0.15) is 0 Å². The summed E-state index contributed by atoms with van der Waals surface area (Å²) in [6, 6.07) is 7.01. The number of carbonyl (C=O) groups excluding carboxylic acids is 2. The van der Waals surface area contributed by atoms with Crippen LogP contribution in [0.15, 0.2) is 24.3 Å². The molecule has 1 heterocycles. The number of urea groups is 1. The highest BCUT2D eigenvalue weighted by Crippen LogP contribution is 2.17. The first kappa shape index (κ1) is 19.2. The molecule has 7 heteroatoms. The highest BCUT2D eigenvalue weighted by atomic mass is 16.3. The average molecular weight is 348 g/mol. The number of nitrogens with one attached hydrogen (secondary N) is 3. The van der Waals surface area contributed by atoms with Gasteiger partial charge in [-0.1, -0.05) is 12.5 Å². The third-order valence-electron chi connectivity index (χ3n) is 4.31. The second-order valence-corrected chi connectivity index (χ2v) is 6.36. The highest BCUT2D eigenvalue weighted by molar-refractivity contribution is 5.92. The van der Waals surface area contributed by atoms with Crippen LogP contribution in [0.5, 0.6) is 0 Å². The Bertz CT molecular complexity index is 579. The van der Waals surface area contributed by atoms with Crippen LogP contribution in [-0.2, 0) is 4.79 Å². The molecule has 0 bridgehead atoms. The van der Waals surface area contributed by atoms with Gasteiger partial charge in [0.15, 0.2) is 0 Å². The van der Waals surface area contributed by atoms with E-state index >= 15 is 0 Å². The van der Waals surface area contributed by atoms with Crippen LogP contribution in [0.3, 0.4) is 0 Å². The first-order chi connectivity index (χ1) is 12.1. The van der Waals surface area contributed by atoms with Crippen molar-refractivity contribution in [1.82, 2.24) is 10.2 Å². The fourth-order valence-electron chi connectivity index (χ4n) is 3.10. The van der Waals surface area contributed by atoms with Crippen LogP contribution in [0.25, 0.3) is 0 Å². The molecule has 1 saturated heterocycles. The monoisotopic (exact) mass is 348 g/mol. The van der Waals surface area contributed by atoms with Gasteiger partial charge in [0.05, 0.1) is 6.61 Å². The van der Waals surface area contributed by atoms with Crippen molar-refractivity contribution in [1.29, 1.82) is 0 Å². The van der Waals surface area contributed by atoms with Gasteiger partial charge >= 0.3 is 6.03 Å². The number of likely N-dealkylation sites (tertiary alicyclic amines) is 1. The fraction of sp³-hybridized carbons (Fsp3) is 0.556. The highest BCUT2D eigenvalue weighted by Gasteiger charge is 2.20. The predicted molar refractivity (Wildman–Crippen MR) is 98.7 cm³/mol. The number of aliphatic hydroxyl groups excluding tert-OH is 1. The summed E-state index contributed by atoms with van der Waals surface area (Å²) in [5.41, 5.74) is 1.27. The van der Waals surface area contributed by atoms with Gasteiger partial charge in [0.2, 0.25) is 5.91 Å². The second kappa shape index (κ2) is 10.0. The van der Waals surface area contributed by atoms with Gasteiger partial charge in [0.25, 0.3) is 0 Å². The third kappa shape index (κ3) is 6.72. The minimum absolute atomic E-state index is 0.152. The Hall–Kier alpha value is -2.12. The molecule has 1 aromatic rings. The van der Waals surface area contributed by atoms with E-state index in [4.69, 9.17) is 0 Å². The van der Waals surface area contributed by atoms with Crippen molar-refractivity contribution < 1.29 is 14.7 Å². The Labute approximate surface area is 148 Å². The van der Waals surface area contributed by atoms with E-state index in [-0.39, 0.29) is 24.6 Å². The quantitative estimate of drug-likeness (QED) is 0.567. The maximum absolute atomic E-state index is 12.0. The van der Waals surface area contributed by atoms with Crippen molar-refractivity contribution in [3.05, 3.63) is 24.3 Å². The topological polar surface area (TPSA) is 93.7 Å². The van der Waals surface area contributed by atoms with Crippen molar-refractivity contribution in [3.63, 3.8) is 0 Å². The van der Waals surface area contributed by atoms with Crippen LogP contribution in [0.2, 0.25) is 0 Å². The van der Waals surface area contributed by atoms with Gasteiger partial charge in [-0.15, -0.1) is 0 Å². The molecule has 0 saturated carbocycles. The maximum atomic E-state index is 12.0. The molecule has 0 unspecified atom stereocenters. The minimum atomic E-state index is -0.266. The number of rotatable bonds is 7. The molecule has 7 nitrogen and oxygen atoms in total. The van der Waals surface area contributed by atoms with E-state index in [2.05, 4.69) is 20.9 Å². The summed E-state index contributed by atoms with van der Waals surface area (Å²) in [6.45, 7) is 4.12. The molecule has 1 aliphatic rings. The standard InChI is InChI=1S/C18H28N4O3/c1-14(24)20-15-6-4-7-16(12-15)21-18(25)19-9-5-11-22-10-3-2-8-17(22)13-23/h4,6-7,12,17,23H,2-3,5,8-11,13H2,1H3,(H,20,24)(H2,19,21,25)/t17-/m1/s1. The van der Waals surface area contributed by atoms with Crippen LogP contribution in [0.1, 0.15) is 32.6 Å². The summed E-state index contributed by atoms with van der Waals surface area (Å²) in [5, 5.41) is 17.7. The molecule has 0 spiro atoms. The second-order valence-electron chi connectivity index (χ2n) is 6.36. The van der Waals surface area contributed by atoms with Crippen molar-refractivity contribution in [2.75, 3.05) is 36.9 Å². The molecule has 138 valence electrons. The van der Waals surface area contributed by atoms with Crippen molar-refractivity contribution in [2.45, 2.75) is 38.6 Å². The first-order valence-corrected chi connectivity index (χ1v) is 8.86. The number of carbonyl (C=O) groups is 2. The summed E-state index contributed by atoms with van der Waals surface area (Å²) in [5.74, 6) is -0.152. The number of amides is 3. The van der Waals surface area contributed by atoms with Crippen LogP contribution in [0.4, 0.5) is 16.2 Å². The zero-order valence-electron chi connectivity index (χ0n) is 14.8. The molecule has 4 N–H and O–H groups in total. The number of aliphatic hydroxyl groups is 1. The van der Waals surface area contributed by atoms with Crippen molar-refractivity contribution in [3.8, 4) is 0 Å². The third-order valence-corrected chi connectivity index (χ3v) is 4.31. The molecule has 1 aromatic carbocycles. The summed E-state index contributed by atoms with van der Waals surface area (Å²) < 4.78 is 0. The van der Waals surface area contributed by atoms with E-state index in [9.17, 15) is 14.7 Å². The van der Waals surface area contributed by atoms with Crippen LogP contribution in [-0.4, -0.2) is 54.2 Å². The molecule has 2 rings (SSSR count). The van der Waals surface area contributed by atoms with E-state index in [1.165, 1.54) is 19.8 Å². The van der Waals surface area contributed by atoms with E-state index in [1.807, 2.05) is 0 Å². The maximum Gasteiger partial charge on any atom is 0.319 e. The Morgan fingerprint density at radius 3 is 2.72 bits per heavy atom. The fourth-order valence-corrected chi connectivity index (χ4v) is 3.10. The molecule has 0 aromatic heterocycles. The average Bonchev–Trinajstić information content (AvgIpc) is 2.59. The number of piperidine rings is 1. The summed E-state index contributed by atoms with van der Waals surface area (Å²) in [6.07, 6.45) is 4.25. The molecule has 0 aliphatic carbocycles. The summed E-state index contributed by atoms with van der Waals surface area (Å²) >= 11 is 0. The van der Waals surface area contributed by atoms with Gasteiger partial charge in [-0.3, -0.25) is 9.69 Å². The van der Waals surface area contributed by atoms with Gasteiger partial charge in [0.1, 0.15) is 0 Å². The smallest absolute Gasteiger partial charge is 0.319 e. The Balaban J connectivity index is 1.69. The van der Waals surface area contributed by atoms with Crippen molar-refractivity contribution in [2.24, 2.45) is 0 Å². The van der Waals surface area contributed by atoms with Crippen molar-refractivity contribution >= 4 is 23.3 Å². The lowest BCUT2D eigenvalue weighted by Gasteiger charge is -2.34. The lowest BCUT2D eigenvalue weighted by atomic mass is 10.0. The molecule has 3 amide bonds. The lowest BCUT2D eigenvalue weighted by molar-refractivity contribution is -0.114. The minimum Gasteiger partial charge on any atom is -0.395 e.